The van der Waals surface area contributed by atoms with Gasteiger partial charge >= 0.3 is 0 Å². The summed E-state index contributed by atoms with van der Waals surface area (Å²) in [7, 11) is 0. The van der Waals surface area contributed by atoms with Crippen LogP contribution >= 0.6 is 11.8 Å². The molecule has 6 heteroatoms. The van der Waals surface area contributed by atoms with Gasteiger partial charge in [0.05, 0.1) is 0 Å². The van der Waals surface area contributed by atoms with Gasteiger partial charge in [0.1, 0.15) is 6.34 Å². The first-order valence-electron chi connectivity index (χ1n) is 4.30. The van der Waals surface area contributed by atoms with E-state index in [0.29, 0.717) is 12.5 Å². The summed E-state index contributed by atoms with van der Waals surface area (Å²) in [5.74, 6) is 0.616. The van der Waals surface area contributed by atoms with Crippen LogP contribution in [0.25, 0.3) is 0 Å². The summed E-state index contributed by atoms with van der Waals surface area (Å²) in [6, 6.07) is 0. The van der Waals surface area contributed by atoms with Gasteiger partial charge in [-0.2, -0.15) is 0 Å². The van der Waals surface area contributed by atoms with E-state index in [1.165, 1.54) is 4.42 Å². The van der Waals surface area contributed by atoms with Crippen LogP contribution < -0.4 is 10.6 Å². The second-order valence-corrected chi connectivity index (χ2v) is 2.88. The van der Waals surface area contributed by atoms with Crippen molar-refractivity contribution in [3.8, 4) is 0 Å². The minimum absolute atomic E-state index is 0.130. The average Bonchev–Trinajstić information content (AvgIpc) is 2.12. The zero-order valence-electron chi connectivity index (χ0n) is 7.79. The zero-order chi connectivity index (χ0) is 9.68. The molecule has 0 aromatic heterocycles. The molecule has 1 heterocycles. The lowest BCUT2D eigenvalue weighted by Crippen LogP contribution is -2.55. The summed E-state index contributed by atoms with van der Waals surface area (Å²) in [6.45, 7) is 5.50. The maximum atomic E-state index is 5.83. The summed E-state index contributed by atoms with van der Waals surface area (Å²) in [6.07, 6.45) is 1.41. The lowest BCUT2D eigenvalue weighted by Gasteiger charge is -2.28. The van der Waals surface area contributed by atoms with Gasteiger partial charge in [-0.3, -0.25) is 10.3 Å². The number of guanidine groups is 1. The topological polar surface area (TPSA) is 52.0 Å². The maximum absolute atomic E-state index is 5.83. The van der Waals surface area contributed by atoms with Gasteiger partial charge in [-0.1, -0.05) is 6.92 Å². The highest BCUT2D eigenvalue weighted by molar-refractivity contribution is 6.20. The summed E-state index contributed by atoms with van der Waals surface area (Å²) in [4.78, 5) is 8.13. The number of hydrogen-bond acceptors (Lipinski definition) is 3. The van der Waals surface area contributed by atoms with Gasteiger partial charge in [0, 0.05) is 18.3 Å². The maximum Gasteiger partial charge on any atom is 0.222 e. The molecule has 0 bridgehead atoms. The number of aliphatic imine (C=N–C) groups is 2. The van der Waals surface area contributed by atoms with Crippen LogP contribution in [0, 0.1) is 0 Å². The van der Waals surface area contributed by atoms with Crippen molar-refractivity contribution in [2.75, 3.05) is 13.1 Å². The summed E-state index contributed by atoms with van der Waals surface area (Å²) >= 11 is 5.83. The van der Waals surface area contributed by atoms with Crippen molar-refractivity contribution in [2.24, 2.45) is 9.98 Å². The molecule has 1 unspecified atom stereocenters. The van der Waals surface area contributed by atoms with E-state index in [1.807, 2.05) is 13.8 Å². The van der Waals surface area contributed by atoms with Gasteiger partial charge in [0.2, 0.25) is 5.96 Å². The van der Waals surface area contributed by atoms with Crippen LogP contribution in [0.3, 0.4) is 0 Å². The van der Waals surface area contributed by atoms with Gasteiger partial charge in [-0.15, -0.1) is 0 Å². The fraction of sp³-hybridized carbons (Fsp3) is 0.714. The fourth-order valence-electron chi connectivity index (χ4n) is 0.966. The van der Waals surface area contributed by atoms with Crippen molar-refractivity contribution in [3.63, 3.8) is 0 Å². The van der Waals surface area contributed by atoms with E-state index in [4.69, 9.17) is 11.8 Å². The molecule has 0 saturated heterocycles. The average molecular weight is 204 g/mol. The van der Waals surface area contributed by atoms with Crippen LogP contribution in [-0.4, -0.2) is 36.1 Å². The van der Waals surface area contributed by atoms with Gasteiger partial charge in [-0.05, 0) is 13.5 Å². The van der Waals surface area contributed by atoms with Gasteiger partial charge in [0.25, 0.3) is 0 Å². The van der Waals surface area contributed by atoms with E-state index in [2.05, 4.69) is 20.6 Å². The lowest BCUT2D eigenvalue weighted by molar-refractivity contribution is 0.359. The quantitative estimate of drug-likeness (QED) is 0.651. The predicted molar refractivity (Wildman–Crippen MR) is 54.8 cm³/mol. The highest BCUT2D eigenvalue weighted by atomic mass is 35.5. The normalized spacial score (nSPS) is 25.0. The lowest BCUT2D eigenvalue weighted by atomic mass is 10.6. The van der Waals surface area contributed by atoms with Gasteiger partial charge in [-0.25, -0.2) is 9.41 Å². The fourth-order valence-corrected chi connectivity index (χ4v) is 1.13. The summed E-state index contributed by atoms with van der Waals surface area (Å²) in [5, 5.41) is 6.17. The van der Waals surface area contributed by atoms with Gasteiger partial charge in [0.15, 0.2) is 6.29 Å². The first-order chi connectivity index (χ1) is 6.27. The highest BCUT2D eigenvalue weighted by Crippen LogP contribution is 2.00. The zero-order valence-corrected chi connectivity index (χ0v) is 8.54. The van der Waals surface area contributed by atoms with E-state index in [-0.39, 0.29) is 6.29 Å². The number of nitrogens with one attached hydrogen (secondary N) is 2. The summed E-state index contributed by atoms with van der Waals surface area (Å²) < 4.78 is 1.44. The Hall–Kier alpha value is -0.810. The molecule has 0 saturated carbocycles. The Morgan fingerprint density at radius 3 is 3.15 bits per heavy atom. The molecule has 13 heavy (non-hydrogen) atoms. The van der Waals surface area contributed by atoms with E-state index in [9.17, 15) is 0 Å². The molecule has 1 rings (SSSR count). The Balaban J connectivity index is 2.59. The predicted octanol–water partition coefficient (Wildman–Crippen LogP) is 0.343. The van der Waals surface area contributed by atoms with Gasteiger partial charge < -0.3 is 5.32 Å². The van der Waals surface area contributed by atoms with E-state index >= 15 is 0 Å². The van der Waals surface area contributed by atoms with Crippen molar-refractivity contribution in [3.05, 3.63) is 0 Å². The van der Waals surface area contributed by atoms with Crippen LogP contribution in [0.1, 0.15) is 13.8 Å². The number of nitrogens with zero attached hydrogens (tertiary/aromatic N) is 3. The Kier molecular flexibility index (Phi) is 3.98. The molecule has 0 amide bonds. The monoisotopic (exact) mass is 203 g/mol. The first kappa shape index (κ1) is 10.3. The molecular formula is C7H14ClN5. The first-order valence-corrected chi connectivity index (χ1v) is 4.64. The molecule has 0 aromatic rings. The van der Waals surface area contributed by atoms with E-state index in [1.54, 1.807) is 6.34 Å². The van der Waals surface area contributed by atoms with Crippen LogP contribution in [0.4, 0.5) is 0 Å². The Morgan fingerprint density at radius 1 is 1.77 bits per heavy atom. The molecule has 1 aliphatic rings. The molecule has 5 nitrogen and oxygen atoms in total. The van der Waals surface area contributed by atoms with Crippen molar-refractivity contribution < 1.29 is 0 Å². The number of rotatable bonds is 3. The molecular weight excluding hydrogens is 190 g/mol. The number of hydrogen-bond donors (Lipinski definition) is 2. The van der Waals surface area contributed by atoms with Crippen molar-refractivity contribution in [2.45, 2.75) is 20.1 Å². The molecule has 0 aliphatic carbocycles. The second-order valence-electron chi connectivity index (χ2n) is 2.49. The molecule has 1 atom stereocenters. The van der Waals surface area contributed by atoms with Crippen LogP contribution in [0.15, 0.2) is 9.98 Å². The van der Waals surface area contributed by atoms with Crippen molar-refractivity contribution in [1.82, 2.24) is 15.1 Å². The summed E-state index contributed by atoms with van der Waals surface area (Å²) in [5.41, 5.74) is 0. The molecule has 0 radical (unpaired) electrons. The highest BCUT2D eigenvalue weighted by Gasteiger charge is 2.17. The Labute approximate surface area is 83.0 Å². The Morgan fingerprint density at radius 2 is 2.54 bits per heavy atom. The van der Waals surface area contributed by atoms with Crippen molar-refractivity contribution >= 4 is 24.1 Å². The van der Waals surface area contributed by atoms with E-state index < -0.39 is 0 Å². The van der Waals surface area contributed by atoms with Crippen LogP contribution in [0.2, 0.25) is 0 Å². The van der Waals surface area contributed by atoms with E-state index in [0.717, 1.165) is 6.54 Å². The SMILES string of the molecule is CCN=C1N=CN(Cl)C(NCC)N1. The van der Waals surface area contributed by atoms with Crippen molar-refractivity contribution in [1.29, 1.82) is 0 Å². The third-order valence-corrected chi connectivity index (χ3v) is 1.79. The van der Waals surface area contributed by atoms with Crippen LogP contribution in [0.5, 0.6) is 0 Å². The molecule has 74 valence electrons. The third-order valence-electron chi connectivity index (χ3n) is 1.51. The smallest absolute Gasteiger partial charge is 0.222 e. The minimum Gasteiger partial charge on any atom is -0.321 e. The molecule has 0 fully saturated rings. The Bertz CT molecular complexity index is 215. The molecule has 2 N–H and O–H groups in total. The van der Waals surface area contributed by atoms with Crippen LogP contribution in [-0.2, 0) is 0 Å². The molecule has 1 aliphatic heterocycles. The third kappa shape index (κ3) is 2.86. The minimum atomic E-state index is -0.130. The molecule has 0 aromatic carbocycles. The standard InChI is InChI=1S/C7H14ClN5/c1-3-9-6-11-5-13(8)7(12-6)10-4-2/h5,7,10H,3-4H2,1-2H3,(H,9,12). The largest absolute Gasteiger partial charge is 0.321 e. The molecule has 0 spiro atoms. The second kappa shape index (κ2) is 5.04. The number of halogens is 1.